The number of nitrogens with two attached hydrogens (primary N) is 3. The van der Waals surface area contributed by atoms with Crippen molar-refractivity contribution in [1.82, 2.24) is 30.7 Å². The lowest BCUT2D eigenvalue weighted by Crippen LogP contribution is -2.52. The van der Waals surface area contributed by atoms with E-state index < -0.39 is 29.9 Å². The number of benzene rings is 1. The Labute approximate surface area is 280 Å². The summed E-state index contributed by atoms with van der Waals surface area (Å²) in [5, 5.41) is 20.5. The number of carbonyl (C=O) groups is 2. The van der Waals surface area contributed by atoms with Crippen LogP contribution in [0.2, 0.25) is 0 Å². The molecule has 48 heavy (non-hydrogen) atoms. The number of hydrogen-bond acceptors (Lipinski definition) is 9. The molecule has 258 valence electrons. The van der Waals surface area contributed by atoms with Crippen molar-refractivity contribution >= 4 is 17.8 Å². The van der Waals surface area contributed by atoms with Gasteiger partial charge in [-0.25, -0.2) is 9.98 Å². The van der Waals surface area contributed by atoms with Crippen LogP contribution in [0.1, 0.15) is 85.1 Å². The van der Waals surface area contributed by atoms with E-state index in [1.54, 1.807) is 24.7 Å². The molecule has 7 rings (SSSR count). The second kappa shape index (κ2) is 14.0. The van der Waals surface area contributed by atoms with Gasteiger partial charge in [0.15, 0.2) is 11.8 Å². The second-order valence-corrected chi connectivity index (χ2v) is 14.5. The van der Waals surface area contributed by atoms with Crippen molar-refractivity contribution < 1.29 is 19.2 Å². The van der Waals surface area contributed by atoms with Gasteiger partial charge in [-0.3, -0.25) is 9.59 Å². The Hall–Kier alpha value is -4.46. The van der Waals surface area contributed by atoms with Crippen LogP contribution < -0.4 is 27.8 Å². The smallest absolute Gasteiger partial charge is 0.249 e. The second-order valence-electron chi connectivity index (χ2n) is 14.5. The van der Waals surface area contributed by atoms with Gasteiger partial charge in [0, 0.05) is 31.2 Å². The molecule has 14 heteroatoms. The van der Waals surface area contributed by atoms with Gasteiger partial charge in [-0.05, 0) is 117 Å². The number of nitrogens with zero attached hydrogens (tertiary/aromatic N) is 4. The zero-order chi connectivity index (χ0) is 34.0. The first-order valence-electron chi connectivity index (χ1n) is 17.0. The van der Waals surface area contributed by atoms with Crippen LogP contribution >= 0.6 is 0 Å². The minimum absolute atomic E-state index is 0.120. The molecule has 3 aromatic rings. The number of phenols is 1. The number of aromatic amines is 1. The average Bonchev–Trinajstić information content (AvgIpc) is 3.69. The number of phenolic OH excluding ortho intramolecular Hbond substituents is 1. The highest BCUT2D eigenvalue weighted by Crippen LogP contribution is 2.60. The molecule has 4 bridgehead atoms. The summed E-state index contributed by atoms with van der Waals surface area (Å²) in [7, 11) is 0. The van der Waals surface area contributed by atoms with E-state index in [-0.39, 0.29) is 36.5 Å². The van der Waals surface area contributed by atoms with Crippen LogP contribution in [0.25, 0.3) is 0 Å². The molecule has 4 saturated carbocycles. The van der Waals surface area contributed by atoms with E-state index in [4.69, 9.17) is 26.7 Å². The zero-order valence-corrected chi connectivity index (χ0v) is 27.7. The van der Waals surface area contributed by atoms with E-state index in [1.165, 1.54) is 38.5 Å². The highest BCUT2D eigenvalue weighted by molar-refractivity contribution is 5.91. The Morgan fingerprint density at radius 3 is 2.31 bits per heavy atom. The molecule has 4 aliphatic rings. The maximum absolute atomic E-state index is 14.2. The van der Waals surface area contributed by atoms with Crippen molar-refractivity contribution in [2.75, 3.05) is 6.54 Å². The molecule has 10 N–H and O–H groups in total. The zero-order valence-electron chi connectivity index (χ0n) is 27.7. The standard InChI is InChI=1S/C34H48N10O4/c1-18-5-24(45)6-19(2)25(18)11-27(40-30(46)26(3-4-35)42-33(36)37)31(47)41-28(10-23-16-38-17-39-23)32-43-29(44-48-32)15-34-12-20-7-21(13-34)9-22(8-20)14-34/h5-6,16-17,20-22,26-28,45H,3-4,7-15,35H2,1-2H3,(H,38,39)(H,40,46)(H,41,47)(H4,36,37,42)/t20?,21?,22?,26-,27+,28+,34?/m1/s1. The third kappa shape index (κ3) is 7.64. The van der Waals surface area contributed by atoms with Crippen molar-refractivity contribution in [3.63, 3.8) is 0 Å². The number of nitrogens with one attached hydrogen (secondary N) is 3. The molecule has 2 amide bonds. The van der Waals surface area contributed by atoms with Gasteiger partial charge in [-0.1, -0.05) is 5.16 Å². The van der Waals surface area contributed by atoms with Crippen LogP contribution in [0.5, 0.6) is 5.75 Å². The Kier molecular flexibility index (Phi) is 9.72. The molecule has 0 saturated heterocycles. The van der Waals surface area contributed by atoms with E-state index in [1.807, 2.05) is 13.8 Å². The molecular formula is C34H48N10O4. The van der Waals surface area contributed by atoms with Gasteiger partial charge >= 0.3 is 0 Å². The van der Waals surface area contributed by atoms with E-state index in [2.05, 4.69) is 30.8 Å². The number of aryl methyl sites for hydroxylation is 2. The molecule has 4 aliphatic carbocycles. The Morgan fingerprint density at radius 2 is 1.73 bits per heavy atom. The van der Waals surface area contributed by atoms with Crippen molar-refractivity contribution in [1.29, 1.82) is 0 Å². The van der Waals surface area contributed by atoms with Gasteiger partial charge in [-0.2, -0.15) is 4.98 Å². The monoisotopic (exact) mass is 660 g/mol. The fourth-order valence-electron chi connectivity index (χ4n) is 8.98. The summed E-state index contributed by atoms with van der Waals surface area (Å²) in [6.07, 6.45) is 12.4. The van der Waals surface area contributed by atoms with Gasteiger partial charge in [0.1, 0.15) is 23.9 Å². The topological polar surface area (TPSA) is 236 Å². The summed E-state index contributed by atoms with van der Waals surface area (Å²) in [6, 6.07) is 0.546. The lowest BCUT2D eigenvalue weighted by Gasteiger charge is -2.56. The summed E-state index contributed by atoms with van der Waals surface area (Å²) in [6.45, 7) is 3.86. The number of carbonyl (C=O) groups excluding carboxylic acids is 2. The maximum atomic E-state index is 14.2. The SMILES string of the molecule is Cc1cc(O)cc(C)c1C[C@H](NC(=O)[C@@H](CCN)N=C(N)N)C(=O)N[C@@H](Cc1cnc[nH]1)c1nc(CC23CC4CC(CC(C4)C2)C3)no1. The number of aromatic nitrogens is 4. The van der Waals surface area contributed by atoms with Crippen molar-refractivity contribution in [2.45, 2.75) is 96.2 Å². The third-order valence-corrected chi connectivity index (χ3v) is 10.5. The van der Waals surface area contributed by atoms with Crippen LogP contribution in [0.15, 0.2) is 34.2 Å². The number of amides is 2. The first-order valence-corrected chi connectivity index (χ1v) is 17.0. The third-order valence-electron chi connectivity index (χ3n) is 10.5. The Bertz CT molecular complexity index is 1570. The highest BCUT2D eigenvalue weighted by atomic mass is 16.5. The Balaban J connectivity index is 1.25. The first-order chi connectivity index (χ1) is 23.0. The van der Waals surface area contributed by atoms with Crippen LogP contribution in [-0.4, -0.2) is 61.6 Å². The number of hydrogen-bond donors (Lipinski definition) is 7. The first kappa shape index (κ1) is 33.4. The van der Waals surface area contributed by atoms with Gasteiger partial charge in [0.25, 0.3) is 0 Å². The molecule has 14 nitrogen and oxygen atoms in total. The molecule has 2 heterocycles. The van der Waals surface area contributed by atoms with Crippen LogP contribution in [0.3, 0.4) is 0 Å². The summed E-state index contributed by atoms with van der Waals surface area (Å²) in [5.41, 5.74) is 20.3. The van der Waals surface area contributed by atoms with E-state index in [0.29, 0.717) is 18.1 Å². The van der Waals surface area contributed by atoms with Crippen molar-refractivity contribution in [3.05, 3.63) is 58.8 Å². The number of H-pyrrole nitrogens is 1. The number of aromatic hydroxyl groups is 1. The number of imidazole rings is 1. The largest absolute Gasteiger partial charge is 0.508 e. The molecular weight excluding hydrogens is 612 g/mol. The maximum Gasteiger partial charge on any atom is 0.249 e. The fraction of sp³-hybridized carbons (Fsp3) is 0.588. The van der Waals surface area contributed by atoms with Crippen LogP contribution in [0.4, 0.5) is 0 Å². The Morgan fingerprint density at radius 1 is 1.06 bits per heavy atom. The van der Waals surface area contributed by atoms with E-state index in [9.17, 15) is 14.7 Å². The van der Waals surface area contributed by atoms with Crippen LogP contribution in [0, 0.1) is 37.0 Å². The highest BCUT2D eigenvalue weighted by Gasteiger charge is 2.51. The summed E-state index contributed by atoms with van der Waals surface area (Å²) >= 11 is 0. The minimum atomic E-state index is -1.03. The summed E-state index contributed by atoms with van der Waals surface area (Å²) in [5.74, 6) is 2.24. The molecule has 4 fully saturated rings. The normalized spacial score (nSPS) is 24.5. The molecule has 3 atom stereocenters. The predicted molar refractivity (Wildman–Crippen MR) is 178 cm³/mol. The minimum Gasteiger partial charge on any atom is -0.508 e. The van der Waals surface area contributed by atoms with Crippen molar-refractivity contribution in [2.24, 2.45) is 45.4 Å². The summed E-state index contributed by atoms with van der Waals surface area (Å²) < 4.78 is 5.85. The quantitative estimate of drug-likeness (QED) is 0.0980. The molecule has 0 aliphatic heterocycles. The summed E-state index contributed by atoms with van der Waals surface area (Å²) in [4.78, 5) is 43.8. The lowest BCUT2D eigenvalue weighted by atomic mass is 9.49. The molecule has 2 aromatic heterocycles. The molecule has 0 radical (unpaired) electrons. The lowest BCUT2D eigenvalue weighted by molar-refractivity contribution is -0.130. The van der Waals surface area contributed by atoms with E-state index in [0.717, 1.165) is 46.6 Å². The van der Waals surface area contributed by atoms with Gasteiger partial charge in [0.05, 0.1) is 6.33 Å². The number of rotatable bonds is 14. The van der Waals surface area contributed by atoms with Crippen LogP contribution in [-0.2, 0) is 28.9 Å². The number of aliphatic imine (C=N–C) groups is 1. The average molecular weight is 661 g/mol. The van der Waals surface area contributed by atoms with Gasteiger partial charge in [-0.15, -0.1) is 0 Å². The van der Waals surface area contributed by atoms with Gasteiger partial charge in [0.2, 0.25) is 17.7 Å². The number of guanidine groups is 1. The fourth-order valence-corrected chi connectivity index (χ4v) is 8.98. The molecule has 1 aromatic carbocycles. The van der Waals surface area contributed by atoms with Crippen molar-refractivity contribution in [3.8, 4) is 5.75 Å². The molecule has 0 unspecified atom stereocenters. The molecule has 0 spiro atoms. The van der Waals surface area contributed by atoms with Gasteiger partial charge < -0.3 is 42.4 Å². The predicted octanol–water partition coefficient (Wildman–Crippen LogP) is 1.99. The van der Waals surface area contributed by atoms with E-state index >= 15 is 0 Å².